The lowest BCUT2D eigenvalue weighted by molar-refractivity contribution is 0.310. The highest BCUT2D eigenvalue weighted by Crippen LogP contribution is 2.17. The molecule has 0 unspecified atom stereocenters. The summed E-state index contributed by atoms with van der Waals surface area (Å²) in [6, 6.07) is 10.8. The summed E-state index contributed by atoms with van der Waals surface area (Å²) < 4.78 is 2.36. The van der Waals surface area contributed by atoms with Gasteiger partial charge in [-0.2, -0.15) is 0 Å². The predicted octanol–water partition coefficient (Wildman–Crippen LogP) is 1.86. The van der Waals surface area contributed by atoms with Crippen molar-refractivity contribution in [2.75, 3.05) is 13.1 Å². The average molecular weight is 186 g/mol. The summed E-state index contributed by atoms with van der Waals surface area (Å²) in [5.74, 6) is 0.825. The van der Waals surface area contributed by atoms with Gasteiger partial charge in [-0.1, -0.05) is 18.2 Å². The van der Waals surface area contributed by atoms with Crippen molar-refractivity contribution in [1.82, 2.24) is 9.88 Å². The summed E-state index contributed by atoms with van der Waals surface area (Å²) in [5.41, 5.74) is 1.36. The number of rotatable bonds is 2. The number of nitrogens with one attached hydrogen (secondary N) is 1. The van der Waals surface area contributed by atoms with Crippen LogP contribution in [0.15, 0.2) is 36.5 Å². The van der Waals surface area contributed by atoms with Crippen molar-refractivity contribution in [2.24, 2.45) is 5.92 Å². The van der Waals surface area contributed by atoms with E-state index in [9.17, 15) is 0 Å². The maximum atomic E-state index is 3.31. The summed E-state index contributed by atoms with van der Waals surface area (Å²) >= 11 is 0. The van der Waals surface area contributed by atoms with Crippen molar-refractivity contribution in [3.05, 3.63) is 36.5 Å². The second-order valence-corrected chi connectivity index (χ2v) is 4.05. The minimum Gasteiger partial charge on any atom is -0.347 e. The molecule has 1 aromatic heterocycles. The van der Waals surface area contributed by atoms with Gasteiger partial charge in [0, 0.05) is 37.3 Å². The summed E-state index contributed by atoms with van der Waals surface area (Å²) in [6.45, 7) is 3.50. The number of benzene rings is 1. The molecule has 0 amide bonds. The van der Waals surface area contributed by atoms with Gasteiger partial charge in [0.05, 0.1) is 0 Å². The van der Waals surface area contributed by atoms with Gasteiger partial charge in [0.1, 0.15) is 0 Å². The molecule has 2 aromatic rings. The third-order valence-corrected chi connectivity index (χ3v) is 3.00. The lowest BCUT2D eigenvalue weighted by Crippen LogP contribution is -2.44. The van der Waals surface area contributed by atoms with Gasteiger partial charge in [0.2, 0.25) is 0 Å². The van der Waals surface area contributed by atoms with Crippen LogP contribution in [0.25, 0.3) is 10.9 Å². The van der Waals surface area contributed by atoms with Crippen molar-refractivity contribution < 1.29 is 0 Å². The monoisotopic (exact) mass is 186 g/mol. The van der Waals surface area contributed by atoms with Crippen molar-refractivity contribution in [2.45, 2.75) is 6.54 Å². The smallest absolute Gasteiger partial charge is 0.0480 e. The molecule has 2 heterocycles. The van der Waals surface area contributed by atoms with Crippen LogP contribution in [0.5, 0.6) is 0 Å². The second-order valence-electron chi connectivity index (χ2n) is 4.05. The van der Waals surface area contributed by atoms with Gasteiger partial charge in [-0.3, -0.25) is 0 Å². The maximum absolute atomic E-state index is 3.31. The van der Waals surface area contributed by atoms with E-state index in [2.05, 4.69) is 46.4 Å². The Hall–Kier alpha value is -1.28. The first kappa shape index (κ1) is 8.06. The summed E-state index contributed by atoms with van der Waals surface area (Å²) in [5, 5.41) is 4.66. The van der Waals surface area contributed by atoms with Crippen LogP contribution in [-0.4, -0.2) is 17.7 Å². The zero-order chi connectivity index (χ0) is 9.38. The highest BCUT2D eigenvalue weighted by molar-refractivity contribution is 5.79. The van der Waals surface area contributed by atoms with Crippen LogP contribution in [0.1, 0.15) is 0 Å². The molecule has 0 spiro atoms. The van der Waals surface area contributed by atoms with Gasteiger partial charge in [-0.25, -0.2) is 0 Å². The van der Waals surface area contributed by atoms with Crippen molar-refractivity contribution in [1.29, 1.82) is 0 Å². The van der Waals surface area contributed by atoms with Crippen LogP contribution >= 0.6 is 0 Å². The SMILES string of the molecule is c1ccc2c(c1)ccn2CC1CNC1. The Bertz CT molecular complexity index is 440. The largest absolute Gasteiger partial charge is 0.347 e. The second kappa shape index (κ2) is 3.14. The van der Waals surface area contributed by atoms with Crippen LogP contribution < -0.4 is 5.32 Å². The van der Waals surface area contributed by atoms with Crippen LogP contribution in [-0.2, 0) is 6.54 Å². The third kappa shape index (κ3) is 1.23. The van der Waals surface area contributed by atoms with Crippen LogP contribution in [0.3, 0.4) is 0 Å². The number of nitrogens with zero attached hydrogens (tertiary/aromatic N) is 1. The maximum Gasteiger partial charge on any atom is 0.0480 e. The molecule has 1 fully saturated rings. The van der Waals surface area contributed by atoms with E-state index in [0.717, 1.165) is 12.5 Å². The molecule has 0 saturated carbocycles. The highest BCUT2D eigenvalue weighted by Gasteiger charge is 2.17. The molecule has 0 bridgehead atoms. The molecule has 0 atom stereocenters. The first-order valence-electron chi connectivity index (χ1n) is 5.18. The minimum absolute atomic E-state index is 0.825. The van der Waals surface area contributed by atoms with Gasteiger partial charge in [-0.05, 0) is 17.5 Å². The Kier molecular flexibility index (Phi) is 1.81. The van der Waals surface area contributed by atoms with Crippen LogP contribution in [0.2, 0.25) is 0 Å². The fraction of sp³-hybridized carbons (Fsp3) is 0.333. The normalized spacial score (nSPS) is 17.1. The Morgan fingerprint density at radius 3 is 2.86 bits per heavy atom. The first-order chi connectivity index (χ1) is 6.93. The fourth-order valence-corrected chi connectivity index (χ4v) is 2.06. The zero-order valence-electron chi connectivity index (χ0n) is 8.11. The molecule has 1 aromatic carbocycles. The molecule has 1 N–H and O–H groups in total. The van der Waals surface area contributed by atoms with Crippen molar-refractivity contribution in [3.8, 4) is 0 Å². The lowest BCUT2D eigenvalue weighted by atomic mass is 10.0. The molecule has 72 valence electrons. The van der Waals surface area contributed by atoms with E-state index in [1.54, 1.807) is 0 Å². The molecule has 2 heteroatoms. The Morgan fingerprint density at radius 2 is 2.07 bits per heavy atom. The van der Waals surface area contributed by atoms with E-state index < -0.39 is 0 Å². The third-order valence-electron chi connectivity index (χ3n) is 3.00. The number of hydrogen-bond acceptors (Lipinski definition) is 1. The summed E-state index contributed by atoms with van der Waals surface area (Å²) in [4.78, 5) is 0. The predicted molar refractivity (Wildman–Crippen MR) is 58.3 cm³/mol. The summed E-state index contributed by atoms with van der Waals surface area (Å²) in [6.07, 6.45) is 2.20. The van der Waals surface area contributed by atoms with E-state index in [4.69, 9.17) is 0 Å². The molecule has 0 radical (unpaired) electrons. The number of para-hydroxylation sites is 1. The highest BCUT2D eigenvalue weighted by atomic mass is 15.0. The van der Waals surface area contributed by atoms with Gasteiger partial charge >= 0.3 is 0 Å². The van der Waals surface area contributed by atoms with E-state index in [0.29, 0.717) is 0 Å². The minimum atomic E-state index is 0.825. The molecular formula is C12H14N2. The Morgan fingerprint density at radius 1 is 1.21 bits per heavy atom. The number of aromatic nitrogens is 1. The topological polar surface area (TPSA) is 17.0 Å². The van der Waals surface area contributed by atoms with Crippen molar-refractivity contribution >= 4 is 10.9 Å². The van der Waals surface area contributed by atoms with Gasteiger partial charge < -0.3 is 9.88 Å². The van der Waals surface area contributed by atoms with E-state index in [-0.39, 0.29) is 0 Å². The zero-order valence-corrected chi connectivity index (χ0v) is 8.11. The molecule has 1 aliphatic rings. The van der Waals surface area contributed by atoms with Crippen LogP contribution in [0, 0.1) is 5.92 Å². The first-order valence-corrected chi connectivity index (χ1v) is 5.18. The molecule has 3 rings (SSSR count). The fourth-order valence-electron chi connectivity index (χ4n) is 2.06. The van der Waals surface area contributed by atoms with Gasteiger partial charge in [0.25, 0.3) is 0 Å². The van der Waals surface area contributed by atoms with Gasteiger partial charge in [0.15, 0.2) is 0 Å². The lowest BCUT2D eigenvalue weighted by Gasteiger charge is -2.27. The quantitative estimate of drug-likeness (QED) is 0.757. The standard InChI is InChI=1S/C12H14N2/c1-2-4-12-11(3-1)5-6-14(12)9-10-7-13-8-10/h1-6,10,13H,7-9H2. The number of hydrogen-bond donors (Lipinski definition) is 1. The molecule has 1 aliphatic heterocycles. The summed E-state index contributed by atoms with van der Waals surface area (Å²) in [7, 11) is 0. The molecule has 1 saturated heterocycles. The van der Waals surface area contributed by atoms with Crippen LogP contribution in [0.4, 0.5) is 0 Å². The van der Waals surface area contributed by atoms with E-state index in [1.807, 2.05) is 0 Å². The number of fused-ring (bicyclic) bond motifs is 1. The van der Waals surface area contributed by atoms with Gasteiger partial charge in [-0.15, -0.1) is 0 Å². The van der Waals surface area contributed by atoms with Crippen molar-refractivity contribution in [3.63, 3.8) is 0 Å². The average Bonchev–Trinajstić information content (AvgIpc) is 2.55. The molecule has 14 heavy (non-hydrogen) atoms. The Balaban J connectivity index is 1.95. The molecule has 0 aliphatic carbocycles. The van der Waals surface area contributed by atoms with E-state index in [1.165, 1.54) is 24.0 Å². The Labute approximate surface area is 83.5 Å². The molecule has 2 nitrogen and oxygen atoms in total. The van der Waals surface area contributed by atoms with E-state index >= 15 is 0 Å². The molecular weight excluding hydrogens is 172 g/mol.